The molecule has 41 heavy (non-hydrogen) atoms. The smallest absolute Gasteiger partial charge is 0.320 e. The number of amides is 2. The van der Waals surface area contributed by atoms with Crippen molar-refractivity contribution < 1.29 is 18.7 Å². The molecular formula is C32H36F2N4O3. The molecule has 0 bridgehead atoms. The molecule has 7 nitrogen and oxygen atoms in total. The van der Waals surface area contributed by atoms with E-state index in [0.717, 1.165) is 31.2 Å². The second-order valence-corrected chi connectivity index (χ2v) is 11.8. The van der Waals surface area contributed by atoms with Crippen molar-refractivity contribution in [1.29, 1.82) is 0 Å². The van der Waals surface area contributed by atoms with Crippen molar-refractivity contribution >= 4 is 6.03 Å². The summed E-state index contributed by atoms with van der Waals surface area (Å²) in [6, 6.07) is 15.5. The maximum atomic E-state index is 14.3. The second-order valence-electron chi connectivity index (χ2n) is 11.8. The highest BCUT2D eigenvalue weighted by Crippen LogP contribution is 2.52. The molecule has 3 fully saturated rings. The molecule has 2 saturated heterocycles. The van der Waals surface area contributed by atoms with Gasteiger partial charge in [0.25, 0.3) is 5.56 Å². The van der Waals surface area contributed by atoms with E-state index in [1.807, 2.05) is 15.9 Å². The molecule has 2 aromatic carbocycles. The van der Waals surface area contributed by atoms with Crippen molar-refractivity contribution in [1.82, 2.24) is 19.7 Å². The zero-order valence-electron chi connectivity index (χ0n) is 23.1. The topological polar surface area (TPSA) is 77.8 Å². The number of piperazine rings is 1. The molecule has 1 unspecified atom stereocenters. The number of likely N-dealkylation sites (tertiary alicyclic amines) is 1. The Labute approximate surface area is 238 Å². The predicted octanol–water partition coefficient (Wildman–Crippen LogP) is 4.56. The number of halogens is 2. The van der Waals surface area contributed by atoms with Crippen molar-refractivity contribution in [2.45, 2.75) is 50.3 Å². The number of nitrogens with one attached hydrogen (secondary N) is 1. The first-order valence-electron chi connectivity index (χ1n) is 14.5. The van der Waals surface area contributed by atoms with Crippen LogP contribution in [0.5, 0.6) is 0 Å². The SMILES string of the molecule is O=C(N1CCC(O)(Cn2ccc(-c3ccccc3F)cc2=O)C2(CCCC2)C1)N1CCNC[C@H]1c1cccc(F)c1. The Hall–Kier alpha value is -3.56. The Bertz CT molecular complexity index is 1490. The summed E-state index contributed by atoms with van der Waals surface area (Å²) >= 11 is 0. The number of aliphatic hydroxyl groups is 1. The summed E-state index contributed by atoms with van der Waals surface area (Å²) in [5, 5.41) is 15.5. The minimum absolute atomic E-state index is 0.0968. The highest BCUT2D eigenvalue weighted by molar-refractivity contribution is 5.75. The molecule has 9 heteroatoms. The summed E-state index contributed by atoms with van der Waals surface area (Å²) in [5.74, 6) is -0.722. The van der Waals surface area contributed by atoms with Crippen LogP contribution >= 0.6 is 0 Å². The molecule has 1 aliphatic carbocycles. The van der Waals surface area contributed by atoms with Gasteiger partial charge in [0.1, 0.15) is 11.6 Å². The van der Waals surface area contributed by atoms with E-state index in [0.29, 0.717) is 50.3 Å². The van der Waals surface area contributed by atoms with Crippen LogP contribution in [0.25, 0.3) is 11.1 Å². The standard InChI is InChI=1S/C32H36F2N4O3/c33-25-7-5-6-24(18-25)28-20-35-14-17-38(28)30(40)37-16-13-32(41,31(21-37)11-3-4-12-31)22-36-15-10-23(19-29(36)39)26-8-1-2-9-27(26)34/h1-2,5-10,15,18-19,28,35,41H,3-4,11-14,16-17,20-22H2/t28-,32?/m0/s1. The van der Waals surface area contributed by atoms with Gasteiger partial charge >= 0.3 is 6.03 Å². The fourth-order valence-electron chi connectivity index (χ4n) is 7.17. The van der Waals surface area contributed by atoms with Gasteiger partial charge in [-0.3, -0.25) is 4.79 Å². The lowest BCUT2D eigenvalue weighted by Gasteiger charge is -2.53. The summed E-state index contributed by atoms with van der Waals surface area (Å²) in [4.78, 5) is 30.8. The van der Waals surface area contributed by atoms with Crippen molar-refractivity contribution in [2.75, 3.05) is 32.7 Å². The molecule has 6 rings (SSSR count). The van der Waals surface area contributed by atoms with E-state index in [1.165, 1.54) is 28.8 Å². The molecule has 1 aromatic heterocycles. The van der Waals surface area contributed by atoms with Crippen molar-refractivity contribution in [3.05, 3.63) is 94.4 Å². The Morgan fingerprint density at radius 3 is 2.56 bits per heavy atom. The van der Waals surface area contributed by atoms with Crippen LogP contribution in [0.15, 0.2) is 71.7 Å². The highest BCUT2D eigenvalue weighted by Gasteiger charge is 2.56. The molecule has 3 heterocycles. The van der Waals surface area contributed by atoms with E-state index in [1.54, 1.807) is 36.5 Å². The summed E-state index contributed by atoms with van der Waals surface area (Å²) < 4.78 is 29.8. The number of rotatable bonds is 4. The largest absolute Gasteiger partial charge is 0.387 e. The number of aromatic nitrogens is 1. The van der Waals surface area contributed by atoms with Gasteiger partial charge in [0.15, 0.2) is 0 Å². The van der Waals surface area contributed by atoms with Crippen LogP contribution in [0.3, 0.4) is 0 Å². The lowest BCUT2D eigenvalue weighted by atomic mass is 9.66. The third-order valence-corrected chi connectivity index (χ3v) is 9.44. The molecule has 0 radical (unpaired) electrons. The number of carbonyl (C=O) groups excluding carboxylic acids is 1. The number of urea groups is 1. The first-order valence-corrected chi connectivity index (χ1v) is 14.5. The van der Waals surface area contributed by atoms with Crippen LogP contribution in [-0.2, 0) is 6.54 Å². The van der Waals surface area contributed by atoms with Gasteiger partial charge in [0.05, 0.1) is 18.2 Å². The summed E-state index contributed by atoms with van der Waals surface area (Å²) in [6.07, 6.45) is 5.41. The average Bonchev–Trinajstić information content (AvgIpc) is 3.46. The van der Waals surface area contributed by atoms with Crippen LogP contribution in [0, 0.1) is 17.0 Å². The second kappa shape index (κ2) is 11.0. The number of nitrogens with zero attached hydrogens (tertiary/aromatic N) is 3. The van der Waals surface area contributed by atoms with E-state index in [9.17, 15) is 23.5 Å². The van der Waals surface area contributed by atoms with Gasteiger partial charge in [-0.25, -0.2) is 13.6 Å². The predicted molar refractivity (Wildman–Crippen MR) is 152 cm³/mol. The zero-order valence-corrected chi connectivity index (χ0v) is 23.1. The van der Waals surface area contributed by atoms with Gasteiger partial charge in [0.2, 0.25) is 0 Å². The Kier molecular flexibility index (Phi) is 7.42. The number of piperidine rings is 1. The fraction of sp³-hybridized carbons (Fsp3) is 0.438. The van der Waals surface area contributed by atoms with Crippen LogP contribution in [-0.4, -0.2) is 63.8 Å². The molecule has 1 saturated carbocycles. The van der Waals surface area contributed by atoms with E-state index in [-0.39, 0.29) is 30.0 Å². The third kappa shape index (κ3) is 5.17. The van der Waals surface area contributed by atoms with E-state index in [4.69, 9.17) is 0 Å². The van der Waals surface area contributed by atoms with Crippen molar-refractivity contribution in [2.24, 2.45) is 5.41 Å². The summed E-state index contributed by atoms with van der Waals surface area (Å²) in [7, 11) is 0. The first-order chi connectivity index (χ1) is 19.8. The zero-order chi connectivity index (χ0) is 28.6. The molecule has 2 atom stereocenters. The van der Waals surface area contributed by atoms with Gasteiger partial charge < -0.3 is 24.8 Å². The molecule has 2 amide bonds. The summed E-state index contributed by atoms with van der Waals surface area (Å²) in [5.41, 5.74) is -0.394. The third-order valence-electron chi connectivity index (χ3n) is 9.44. The first kappa shape index (κ1) is 27.6. The van der Waals surface area contributed by atoms with Crippen molar-refractivity contribution in [3.63, 3.8) is 0 Å². The van der Waals surface area contributed by atoms with Gasteiger partial charge in [-0.2, -0.15) is 0 Å². The molecule has 2 N–H and O–H groups in total. The number of benzene rings is 2. The minimum Gasteiger partial charge on any atom is -0.387 e. The maximum Gasteiger partial charge on any atom is 0.320 e. The normalized spacial score (nSPS) is 24.1. The summed E-state index contributed by atoms with van der Waals surface area (Å²) in [6.45, 7) is 2.60. The monoisotopic (exact) mass is 562 g/mol. The molecule has 2 aliphatic heterocycles. The lowest BCUT2D eigenvalue weighted by molar-refractivity contribution is -0.136. The van der Waals surface area contributed by atoms with E-state index in [2.05, 4.69) is 5.32 Å². The van der Waals surface area contributed by atoms with Crippen LogP contribution in [0.2, 0.25) is 0 Å². The van der Waals surface area contributed by atoms with Gasteiger partial charge in [-0.1, -0.05) is 43.2 Å². The van der Waals surface area contributed by atoms with Crippen LogP contribution < -0.4 is 10.9 Å². The minimum atomic E-state index is -1.17. The Balaban J connectivity index is 1.23. The van der Waals surface area contributed by atoms with E-state index < -0.39 is 16.8 Å². The highest BCUT2D eigenvalue weighted by atomic mass is 19.1. The Morgan fingerprint density at radius 2 is 1.80 bits per heavy atom. The average molecular weight is 563 g/mol. The van der Waals surface area contributed by atoms with Crippen molar-refractivity contribution in [3.8, 4) is 11.1 Å². The van der Waals surface area contributed by atoms with Gasteiger partial charge in [0, 0.05) is 56.0 Å². The molecule has 3 aliphatic rings. The van der Waals surface area contributed by atoms with Gasteiger partial charge in [-0.15, -0.1) is 0 Å². The van der Waals surface area contributed by atoms with Crippen LogP contribution in [0.4, 0.5) is 13.6 Å². The molecule has 3 aromatic rings. The number of pyridine rings is 1. The quantitative estimate of drug-likeness (QED) is 0.489. The lowest BCUT2D eigenvalue weighted by Crippen LogP contribution is -2.64. The van der Waals surface area contributed by atoms with Gasteiger partial charge in [-0.05, 0) is 54.7 Å². The Morgan fingerprint density at radius 1 is 1.00 bits per heavy atom. The molecule has 1 spiro atoms. The number of carbonyl (C=O) groups is 1. The molecular weight excluding hydrogens is 526 g/mol. The maximum absolute atomic E-state index is 14.3. The number of hydrogen-bond acceptors (Lipinski definition) is 4. The molecule has 216 valence electrons. The number of hydrogen-bond donors (Lipinski definition) is 2. The fourth-order valence-corrected chi connectivity index (χ4v) is 7.17. The van der Waals surface area contributed by atoms with Crippen LogP contribution in [0.1, 0.15) is 43.7 Å². The van der Waals surface area contributed by atoms with E-state index >= 15 is 0 Å².